The predicted molar refractivity (Wildman–Crippen MR) is 102 cm³/mol. The van der Waals surface area contributed by atoms with Gasteiger partial charge in [0, 0.05) is 43.8 Å². The molecule has 0 bridgehead atoms. The number of nitrogens with one attached hydrogen (secondary N) is 2. The van der Waals surface area contributed by atoms with E-state index in [2.05, 4.69) is 20.5 Å². The molecule has 8 heteroatoms. The average molecular weight is 373 g/mol. The van der Waals surface area contributed by atoms with Gasteiger partial charge in [0.05, 0.1) is 6.54 Å². The number of piperazine rings is 1. The molecule has 0 atom stereocenters. The Morgan fingerprint density at radius 3 is 2.65 bits per heavy atom. The van der Waals surface area contributed by atoms with Crippen LogP contribution in [-0.4, -0.2) is 61.1 Å². The molecule has 1 fully saturated rings. The molecule has 1 aliphatic heterocycles. The maximum absolute atomic E-state index is 12.0. The third-order valence-corrected chi connectivity index (χ3v) is 5.14. The van der Waals surface area contributed by atoms with Gasteiger partial charge in [-0.3, -0.25) is 15.0 Å². The van der Waals surface area contributed by atoms with Crippen LogP contribution in [-0.2, 0) is 11.2 Å². The molecule has 1 aliphatic rings. The van der Waals surface area contributed by atoms with E-state index in [1.54, 1.807) is 17.5 Å². The molecule has 2 aromatic rings. The Morgan fingerprint density at radius 2 is 1.96 bits per heavy atom. The summed E-state index contributed by atoms with van der Waals surface area (Å²) in [7, 11) is 0. The second-order valence-corrected chi connectivity index (χ2v) is 7.12. The molecule has 0 aromatic carbocycles. The number of carbonyl (C=O) groups is 2. The predicted octanol–water partition coefficient (Wildman–Crippen LogP) is 1.33. The highest BCUT2D eigenvalue weighted by molar-refractivity contribution is 7.09. The molecule has 7 nitrogen and oxygen atoms in total. The monoisotopic (exact) mass is 373 g/mol. The molecular weight excluding hydrogens is 350 g/mol. The Morgan fingerprint density at radius 1 is 1.12 bits per heavy atom. The highest BCUT2D eigenvalue weighted by Crippen LogP contribution is 2.12. The topological polar surface area (TPSA) is 77.6 Å². The first kappa shape index (κ1) is 18.3. The minimum atomic E-state index is -0.432. The fraction of sp³-hybridized carbons (Fsp3) is 0.389. The smallest absolute Gasteiger partial charge is 0.321 e. The number of thiophene rings is 1. The molecule has 0 spiro atoms. The van der Waals surface area contributed by atoms with Crippen LogP contribution in [0, 0.1) is 0 Å². The van der Waals surface area contributed by atoms with E-state index in [1.165, 1.54) is 4.88 Å². The Hall–Kier alpha value is -2.45. The zero-order valence-corrected chi connectivity index (χ0v) is 15.4. The number of rotatable bonds is 6. The van der Waals surface area contributed by atoms with Gasteiger partial charge in [-0.15, -0.1) is 11.3 Å². The summed E-state index contributed by atoms with van der Waals surface area (Å²) in [5.41, 5.74) is 0. The number of urea groups is 1. The van der Waals surface area contributed by atoms with Crippen LogP contribution in [0.1, 0.15) is 4.88 Å². The quantitative estimate of drug-likeness (QED) is 0.799. The number of imide groups is 1. The molecule has 2 aromatic heterocycles. The van der Waals surface area contributed by atoms with Crippen LogP contribution in [0.3, 0.4) is 0 Å². The lowest BCUT2D eigenvalue weighted by Gasteiger charge is -2.34. The van der Waals surface area contributed by atoms with Gasteiger partial charge in [-0.1, -0.05) is 12.1 Å². The van der Waals surface area contributed by atoms with Crippen molar-refractivity contribution in [2.75, 3.05) is 44.2 Å². The molecule has 26 heavy (non-hydrogen) atoms. The van der Waals surface area contributed by atoms with Gasteiger partial charge < -0.3 is 10.2 Å². The SMILES string of the molecule is O=C(CN1CCN(c2ccccn2)CC1)NC(=O)NCCc1cccs1. The second-order valence-electron chi connectivity index (χ2n) is 6.08. The van der Waals surface area contributed by atoms with Crippen LogP contribution in [0.4, 0.5) is 10.6 Å². The Labute approximate surface area is 157 Å². The van der Waals surface area contributed by atoms with Gasteiger partial charge in [-0.25, -0.2) is 9.78 Å². The van der Waals surface area contributed by atoms with Crippen molar-refractivity contribution < 1.29 is 9.59 Å². The Balaban J connectivity index is 1.33. The third-order valence-electron chi connectivity index (χ3n) is 4.20. The maximum atomic E-state index is 12.0. The molecule has 2 N–H and O–H groups in total. The maximum Gasteiger partial charge on any atom is 0.321 e. The van der Waals surface area contributed by atoms with Gasteiger partial charge in [0.15, 0.2) is 0 Å². The lowest BCUT2D eigenvalue weighted by atomic mass is 10.3. The minimum absolute atomic E-state index is 0.231. The van der Waals surface area contributed by atoms with E-state index in [9.17, 15) is 9.59 Å². The molecule has 0 unspecified atom stereocenters. The fourth-order valence-corrected chi connectivity index (χ4v) is 3.55. The fourth-order valence-electron chi connectivity index (χ4n) is 2.84. The molecule has 138 valence electrons. The van der Waals surface area contributed by atoms with Crippen LogP contribution in [0.2, 0.25) is 0 Å². The number of aromatic nitrogens is 1. The molecule has 3 heterocycles. The van der Waals surface area contributed by atoms with Gasteiger partial charge in [0.2, 0.25) is 5.91 Å². The minimum Gasteiger partial charge on any atom is -0.354 e. The highest BCUT2D eigenvalue weighted by Gasteiger charge is 2.20. The van der Waals surface area contributed by atoms with E-state index in [4.69, 9.17) is 0 Å². The van der Waals surface area contributed by atoms with Gasteiger partial charge in [-0.05, 0) is 30.0 Å². The molecular formula is C18H23N5O2S. The van der Waals surface area contributed by atoms with Crippen molar-refractivity contribution in [3.05, 3.63) is 46.8 Å². The molecule has 3 rings (SSSR count). The summed E-state index contributed by atoms with van der Waals surface area (Å²) >= 11 is 1.66. The molecule has 0 saturated carbocycles. The molecule has 0 radical (unpaired) electrons. The number of hydrogen-bond acceptors (Lipinski definition) is 6. The van der Waals surface area contributed by atoms with Crippen LogP contribution < -0.4 is 15.5 Å². The normalized spacial score (nSPS) is 14.8. The lowest BCUT2D eigenvalue weighted by molar-refractivity contribution is -0.121. The summed E-state index contributed by atoms with van der Waals surface area (Å²) in [5, 5.41) is 7.12. The summed E-state index contributed by atoms with van der Waals surface area (Å²) in [6.45, 7) is 3.92. The number of anilines is 1. The first-order chi connectivity index (χ1) is 12.7. The second kappa shape index (κ2) is 9.30. The lowest BCUT2D eigenvalue weighted by Crippen LogP contribution is -2.51. The van der Waals surface area contributed by atoms with Crippen LogP contribution in [0.5, 0.6) is 0 Å². The Kier molecular flexibility index (Phi) is 6.56. The van der Waals surface area contributed by atoms with E-state index >= 15 is 0 Å². The standard InChI is InChI=1S/C18H23N5O2S/c24-17(21-18(25)20-8-6-15-4-3-13-26-15)14-22-9-11-23(12-10-22)16-5-1-2-7-19-16/h1-5,7,13H,6,8-12,14H2,(H2,20,21,24,25). The van der Waals surface area contributed by atoms with Crippen LogP contribution in [0.25, 0.3) is 0 Å². The van der Waals surface area contributed by atoms with Crippen molar-refractivity contribution in [1.82, 2.24) is 20.5 Å². The summed E-state index contributed by atoms with van der Waals surface area (Å²) in [5.74, 6) is 0.687. The van der Waals surface area contributed by atoms with Gasteiger partial charge >= 0.3 is 6.03 Å². The molecule has 3 amide bonds. The number of carbonyl (C=O) groups excluding carboxylic acids is 2. The van der Waals surface area contributed by atoms with Crippen molar-refractivity contribution in [2.45, 2.75) is 6.42 Å². The van der Waals surface area contributed by atoms with E-state index in [1.807, 2.05) is 40.6 Å². The van der Waals surface area contributed by atoms with E-state index < -0.39 is 6.03 Å². The first-order valence-corrected chi connectivity index (χ1v) is 9.57. The van der Waals surface area contributed by atoms with E-state index in [0.29, 0.717) is 6.54 Å². The zero-order chi connectivity index (χ0) is 18.2. The molecule has 0 aliphatic carbocycles. The largest absolute Gasteiger partial charge is 0.354 e. The van der Waals surface area contributed by atoms with Crippen molar-refractivity contribution >= 4 is 29.1 Å². The number of nitrogens with zero attached hydrogens (tertiary/aromatic N) is 3. The van der Waals surface area contributed by atoms with Crippen molar-refractivity contribution in [3.63, 3.8) is 0 Å². The zero-order valence-electron chi connectivity index (χ0n) is 14.6. The van der Waals surface area contributed by atoms with Gasteiger partial charge in [0.1, 0.15) is 5.82 Å². The van der Waals surface area contributed by atoms with Crippen LogP contribution in [0.15, 0.2) is 41.9 Å². The first-order valence-electron chi connectivity index (χ1n) is 8.69. The van der Waals surface area contributed by atoms with Crippen molar-refractivity contribution in [3.8, 4) is 0 Å². The van der Waals surface area contributed by atoms with Crippen molar-refractivity contribution in [2.24, 2.45) is 0 Å². The summed E-state index contributed by atoms with van der Waals surface area (Å²) in [4.78, 5) is 33.6. The van der Waals surface area contributed by atoms with Gasteiger partial charge in [-0.2, -0.15) is 0 Å². The van der Waals surface area contributed by atoms with Crippen LogP contribution >= 0.6 is 11.3 Å². The summed E-state index contributed by atoms with van der Waals surface area (Å²) < 4.78 is 0. The Bertz CT molecular complexity index is 700. The van der Waals surface area contributed by atoms with Crippen molar-refractivity contribution in [1.29, 1.82) is 0 Å². The molecule has 1 saturated heterocycles. The summed E-state index contributed by atoms with van der Waals surface area (Å²) in [6.07, 6.45) is 2.56. The van der Waals surface area contributed by atoms with Gasteiger partial charge in [0.25, 0.3) is 0 Å². The number of amides is 3. The highest BCUT2D eigenvalue weighted by atomic mass is 32.1. The average Bonchev–Trinajstić information content (AvgIpc) is 3.16. The third kappa shape index (κ3) is 5.53. The van der Waals surface area contributed by atoms with E-state index in [-0.39, 0.29) is 12.5 Å². The number of pyridine rings is 1. The van der Waals surface area contributed by atoms with E-state index in [0.717, 1.165) is 38.4 Å². The number of hydrogen-bond donors (Lipinski definition) is 2. The summed E-state index contributed by atoms with van der Waals surface area (Å²) in [6, 6.07) is 9.44.